The number of aliphatic imine (C=N–C) groups is 1. The van der Waals surface area contributed by atoms with Gasteiger partial charge in [0.1, 0.15) is 5.69 Å². The second kappa shape index (κ2) is 6.05. The molecule has 1 aromatic carbocycles. The minimum atomic E-state index is -0.0299. The molecule has 0 radical (unpaired) electrons. The van der Waals surface area contributed by atoms with Gasteiger partial charge in [-0.05, 0) is 24.6 Å². The van der Waals surface area contributed by atoms with Crippen molar-refractivity contribution >= 4 is 11.5 Å². The number of ketones is 1. The van der Waals surface area contributed by atoms with Gasteiger partial charge in [0, 0.05) is 6.92 Å². The lowest BCUT2D eigenvalue weighted by molar-refractivity contribution is 0.101. The van der Waals surface area contributed by atoms with E-state index in [1.165, 1.54) is 6.92 Å². The molecule has 0 N–H and O–H groups in total. The molecule has 0 bridgehead atoms. The Morgan fingerprint density at radius 2 is 1.68 bits per heavy atom. The van der Waals surface area contributed by atoms with Gasteiger partial charge >= 0.3 is 0 Å². The molecule has 96 valence electrons. The molecule has 3 heteroatoms. The summed E-state index contributed by atoms with van der Waals surface area (Å²) in [6.07, 6.45) is 0. The van der Waals surface area contributed by atoms with Crippen LogP contribution in [0.25, 0.3) is 0 Å². The number of carbonyl (C=O) groups is 1. The molecule has 0 aliphatic carbocycles. The predicted molar refractivity (Wildman–Crippen MR) is 76.6 cm³/mol. The van der Waals surface area contributed by atoms with Crippen molar-refractivity contribution in [1.82, 2.24) is 4.98 Å². The molecule has 19 heavy (non-hydrogen) atoms. The van der Waals surface area contributed by atoms with Gasteiger partial charge in [0.25, 0.3) is 0 Å². The van der Waals surface area contributed by atoms with Gasteiger partial charge in [0.05, 0.1) is 18.0 Å². The van der Waals surface area contributed by atoms with Crippen molar-refractivity contribution < 1.29 is 4.79 Å². The van der Waals surface area contributed by atoms with Gasteiger partial charge in [-0.1, -0.05) is 36.4 Å². The van der Waals surface area contributed by atoms with Crippen molar-refractivity contribution in [2.24, 2.45) is 4.99 Å². The van der Waals surface area contributed by atoms with E-state index in [1.807, 2.05) is 49.4 Å². The number of hydrogen-bond donors (Lipinski definition) is 0. The average Bonchev–Trinajstić information content (AvgIpc) is 2.46. The Morgan fingerprint density at radius 1 is 1.00 bits per heavy atom. The fourth-order valence-electron chi connectivity index (χ4n) is 1.71. The molecular formula is C16H16N2O. The van der Waals surface area contributed by atoms with E-state index in [-0.39, 0.29) is 5.78 Å². The van der Waals surface area contributed by atoms with E-state index in [0.29, 0.717) is 12.2 Å². The Bertz CT molecular complexity index is 603. The van der Waals surface area contributed by atoms with E-state index < -0.39 is 0 Å². The summed E-state index contributed by atoms with van der Waals surface area (Å²) in [5, 5.41) is 0. The summed E-state index contributed by atoms with van der Waals surface area (Å²) < 4.78 is 0. The van der Waals surface area contributed by atoms with Crippen LogP contribution in [0.3, 0.4) is 0 Å². The molecule has 0 spiro atoms. The number of rotatable bonds is 4. The second-order valence-corrected chi connectivity index (χ2v) is 4.35. The Morgan fingerprint density at radius 3 is 2.37 bits per heavy atom. The molecule has 0 aliphatic heterocycles. The topological polar surface area (TPSA) is 42.3 Å². The number of aromatic nitrogens is 1. The summed E-state index contributed by atoms with van der Waals surface area (Å²) in [7, 11) is 0. The van der Waals surface area contributed by atoms with Crippen LogP contribution in [0.4, 0.5) is 0 Å². The second-order valence-electron chi connectivity index (χ2n) is 4.35. The van der Waals surface area contributed by atoms with Crippen molar-refractivity contribution in [2.75, 3.05) is 0 Å². The zero-order valence-corrected chi connectivity index (χ0v) is 11.1. The number of carbonyl (C=O) groups excluding carboxylic acids is 1. The van der Waals surface area contributed by atoms with E-state index in [0.717, 1.165) is 17.0 Å². The zero-order valence-electron chi connectivity index (χ0n) is 11.1. The van der Waals surface area contributed by atoms with Crippen LogP contribution in [0.15, 0.2) is 53.5 Å². The highest BCUT2D eigenvalue weighted by Gasteiger charge is 2.04. The number of nitrogens with zero attached hydrogens (tertiary/aromatic N) is 2. The molecule has 0 atom stereocenters. The van der Waals surface area contributed by atoms with Crippen LogP contribution in [-0.4, -0.2) is 16.5 Å². The number of benzene rings is 1. The van der Waals surface area contributed by atoms with Crippen LogP contribution < -0.4 is 0 Å². The van der Waals surface area contributed by atoms with E-state index in [9.17, 15) is 4.79 Å². The Labute approximate surface area is 113 Å². The van der Waals surface area contributed by atoms with Crippen molar-refractivity contribution in [3.63, 3.8) is 0 Å². The molecule has 0 aliphatic rings. The van der Waals surface area contributed by atoms with Gasteiger partial charge in [-0.2, -0.15) is 0 Å². The highest BCUT2D eigenvalue weighted by atomic mass is 16.1. The van der Waals surface area contributed by atoms with Gasteiger partial charge in [-0.25, -0.2) is 4.98 Å². The summed E-state index contributed by atoms with van der Waals surface area (Å²) in [6.45, 7) is 4.05. The lowest BCUT2D eigenvalue weighted by Crippen LogP contribution is -2.04. The highest BCUT2D eigenvalue weighted by Crippen LogP contribution is 2.05. The zero-order chi connectivity index (χ0) is 13.7. The van der Waals surface area contributed by atoms with Crippen LogP contribution in [0.2, 0.25) is 0 Å². The van der Waals surface area contributed by atoms with Gasteiger partial charge in [-0.3, -0.25) is 9.79 Å². The van der Waals surface area contributed by atoms with Crippen LogP contribution >= 0.6 is 0 Å². The molecule has 0 fully saturated rings. The molecule has 3 nitrogen and oxygen atoms in total. The van der Waals surface area contributed by atoms with E-state index in [4.69, 9.17) is 0 Å². The predicted octanol–water partition coefficient (Wildman–Crippen LogP) is 3.29. The smallest absolute Gasteiger partial charge is 0.178 e. The molecule has 0 unspecified atom stereocenters. The molecule has 2 aromatic rings. The van der Waals surface area contributed by atoms with Crippen LogP contribution in [0.1, 0.15) is 35.6 Å². The third kappa shape index (κ3) is 3.58. The van der Waals surface area contributed by atoms with Gasteiger partial charge in [0.15, 0.2) is 5.78 Å². The van der Waals surface area contributed by atoms with E-state index in [2.05, 4.69) is 9.98 Å². The third-order valence-electron chi connectivity index (χ3n) is 2.82. The first kappa shape index (κ1) is 13.1. The van der Waals surface area contributed by atoms with Crippen molar-refractivity contribution in [1.29, 1.82) is 0 Å². The molecule has 2 rings (SSSR count). The summed E-state index contributed by atoms with van der Waals surface area (Å²) in [5.74, 6) is -0.0299. The minimum absolute atomic E-state index is 0.0299. The highest BCUT2D eigenvalue weighted by molar-refractivity contribution is 5.99. The largest absolute Gasteiger partial charge is 0.293 e. The first-order valence-corrected chi connectivity index (χ1v) is 6.20. The number of pyridine rings is 1. The summed E-state index contributed by atoms with van der Waals surface area (Å²) >= 11 is 0. The van der Waals surface area contributed by atoms with Crippen LogP contribution in [0, 0.1) is 0 Å². The van der Waals surface area contributed by atoms with Crippen LogP contribution in [0.5, 0.6) is 0 Å². The Balaban J connectivity index is 2.17. The van der Waals surface area contributed by atoms with Gasteiger partial charge in [0.2, 0.25) is 0 Å². The van der Waals surface area contributed by atoms with Gasteiger partial charge < -0.3 is 0 Å². The monoisotopic (exact) mass is 252 g/mol. The Kier molecular flexibility index (Phi) is 4.18. The molecular weight excluding hydrogens is 236 g/mol. The molecule has 0 saturated heterocycles. The fourth-order valence-corrected chi connectivity index (χ4v) is 1.71. The summed E-state index contributed by atoms with van der Waals surface area (Å²) in [6, 6.07) is 15.5. The van der Waals surface area contributed by atoms with Crippen molar-refractivity contribution in [2.45, 2.75) is 20.4 Å². The fraction of sp³-hybridized carbons (Fsp3) is 0.188. The average molecular weight is 252 g/mol. The quantitative estimate of drug-likeness (QED) is 0.619. The standard InChI is InChI=1S/C16H16N2O/c1-12(17-11-14-7-4-3-5-8-14)15-9-6-10-16(18-15)13(2)19/h3-10H,11H2,1-2H3/b17-12+. The first-order valence-electron chi connectivity index (χ1n) is 6.20. The SMILES string of the molecule is CC(=O)c1cccc(/C(C)=N/Cc2ccccc2)n1. The minimum Gasteiger partial charge on any atom is -0.293 e. The lowest BCUT2D eigenvalue weighted by Gasteiger charge is -2.02. The molecule has 1 aromatic heterocycles. The maximum absolute atomic E-state index is 11.3. The summed E-state index contributed by atoms with van der Waals surface area (Å²) in [5.41, 5.74) is 3.23. The molecule has 1 heterocycles. The normalized spacial score (nSPS) is 11.4. The first-order chi connectivity index (χ1) is 9.16. The Hall–Kier alpha value is -2.29. The van der Waals surface area contributed by atoms with Crippen molar-refractivity contribution in [3.8, 4) is 0 Å². The van der Waals surface area contributed by atoms with Crippen molar-refractivity contribution in [3.05, 3.63) is 65.5 Å². The van der Waals surface area contributed by atoms with Gasteiger partial charge in [-0.15, -0.1) is 0 Å². The third-order valence-corrected chi connectivity index (χ3v) is 2.82. The number of hydrogen-bond acceptors (Lipinski definition) is 3. The number of Topliss-reactive ketones (excluding diaryl/α,β-unsaturated/α-hetero) is 1. The maximum Gasteiger partial charge on any atom is 0.178 e. The van der Waals surface area contributed by atoms with E-state index in [1.54, 1.807) is 6.07 Å². The summed E-state index contributed by atoms with van der Waals surface area (Å²) in [4.78, 5) is 20.1. The lowest BCUT2D eigenvalue weighted by atomic mass is 10.2. The van der Waals surface area contributed by atoms with Crippen LogP contribution in [-0.2, 0) is 6.54 Å². The molecule has 0 amide bonds. The molecule has 0 saturated carbocycles. The van der Waals surface area contributed by atoms with E-state index >= 15 is 0 Å². The maximum atomic E-state index is 11.3.